The van der Waals surface area contributed by atoms with E-state index in [4.69, 9.17) is 9.47 Å². The van der Waals surface area contributed by atoms with Gasteiger partial charge in [0.2, 0.25) is 5.91 Å². The first-order valence-electron chi connectivity index (χ1n) is 8.31. The summed E-state index contributed by atoms with van der Waals surface area (Å²) in [4.78, 5) is 12.3. The van der Waals surface area contributed by atoms with Crippen LogP contribution in [0.4, 0.5) is 0 Å². The van der Waals surface area contributed by atoms with Crippen LogP contribution in [0.3, 0.4) is 0 Å². The van der Waals surface area contributed by atoms with Crippen LogP contribution in [0.2, 0.25) is 0 Å². The SMILES string of the molecule is CCOc1ccccc1CNC(=O)Cn1ccc2cc(OC)ccc21. The Hall–Kier alpha value is -2.95. The second kappa shape index (κ2) is 7.75. The summed E-state index contributed by atoms with van der Waals surface area (Å²) in [6.45, 7) is 3.26. The molecule has 1 heterocycles. The molecule has 3 aromatic rings. The van der Waals surface area contributed by atoms with Crippen LogP contribution in [0.5, 0.6) is 11.5 Å². The number of aromatic nitrogens is 1. The summed E-state index contributed by atoms with van der Waals surface area (Å²) >= 11 is 0. The van der Waals surface area contributed by atoms with Gasteiger partial charge in [-0.25, -0.2) is 0 Å². The van der Waals surface area contributed by atoms with Gasteiger partial charge >= 0.3 is 0 Å². The molecule has 0 aliphatic rings. The van der Waals surface area contributed by atoms with Gasteiger partial charge in [-0.2, -0.15) is 0 Å². The van der Waals surface area contributed by atoms with Crippen LogP contribution < -0.4 is 14.8 Å². The van der Waals surface area contributed by atoms with Gasteiger partial charge in [-0.1, -0.05) is 18.2 Å². The molecule has 3 rings (SSSR count). The van der Waals surface area contributed by atoms with Gasteiger partial charge in [0.25, 0.3) is 0 Å². The third-order valence-electron chi connectivity index (χ3n) is 4.04. The van der Waals surface area contributed by atoms with Crippen molar-refractivity contribution in [2.45, 2.75) is 20.0 Å². The predicted octanol–water partition coefficient (Wildman–Crippen LogP) is 3.37. The highest BCUT2D eigenvalue weighted by atomic mass is 16.5. The molecular formula is C20H22N2O3. The Balaban J connectivity index is 1.65. The second-order valence-electron chi connectivity index (χ2n) is 5.69. The van der Waals surface area contributed by atoms with Crippen LogP contribution in [-0.2, 0) is 17.9 Å². The molecule has 130 valence electrons. The van der Waals surface area contributed by atoms with Gasteiger partial charge in [-0.05, 0) is 37.3 Å². The number of hydrogen-bond acceptors (Lipinski definition) is 3. The zero-order chi connectivity index (χ0) is 17.6. The van der Waals surface area contributed by atoms with Crippen molar-refractivity contribution < 1.29 is 14.3 Å². The average Bonchev–Trinajstić information content (AvgIpc) is 3.03. The van der Waals surface area contributed by atoms with E-state index >= 15 is 0 Å². The van der Waals surface area contributed by atoms with Crippen molar-refractivity contribution in [3.8, 4) is 11.5 Å². The molecule has 25 heavy (non-hydrogen) atoms. The van der Waals surface area contributed by atoms with Gasteiger partial charge in [-0.15, -0.1) is 0 Å². The molecular weight excluding hydrogens is 316 g/mol. The highest BCUT2D eigenvalue weighted by Gasteiger charge is 2.08. The predicted molar refractivity (Wildman–Crippen MR) is 97.9 cm³/mol. The molecule has 0 radical (unpaired) electrons. The van der Waals surface area contributed by atoms with Crippen LogP contribution in [0, 0.1) is 0 Å². The fourth-order valence-corrected chi connectivity index (χ4v) is 2.79. The molecule has 0 fully saturated rings. The maximum atomic E-state index is 12.3. The van der Waals surface area contributed by atoms with E-state index in [2.05, 4.69) is 5.32 Å². The zero-order valence-electron chi connectivity index (χ0n) is 14.5. The molecule has 0 atom stereocenters. The van der Waals surface area contributed by atoms with E-state index in [0.29, 0.717) is 13.2 Å². The summed E-state index contributed by atoms with van der Waals surface area (Å²) in [7, 11) is 1.64. The van der Waals surface area contributed by atoms with Crippen molar-refractivity contribution in [1.29, 1.82) is 0 Å². The Kier molecular flexibility index (Phi) is 5.23. The lowest BCUT2D eigenvalue weighted by Crippen LogP contribution is -2.27. The van der Waals surface area contributed by atoms with E-state index in [1.54, 1.807) is 7.11 Å². The molecule has 0 aliphatic heterocycles. The molecule has 0 saturated carbocycles. The number of nitrogens with one attached hydrogen (secondary N) is 1. The summed E-state index contributed by atoms with van der Waals surface area (Å²) in [6, 6.07) is 15.5. The van der Waals surface area contributed by atoms with E-state index in [1.165, 1.54) is 0 Å². The molecule has 5 heteroatoms. The van der Waals surface area contributed by atoms with Gasteiger partial charge < -0.3 is 19.4 Å². The van der Waals surface area contributed by atoms with E-state index in [9.17, 15) is 4.79 Å². The number of hydrogen-bond donors (Lipinski definition) is 1. The molecule has 0 spiro atoms. The smallest absolute Gasteiger partial charge is 0.240 e. The summed E-state index contributed by atoms with van der Waals surface area (Å²) in [5, 5.41) is 4.01. The largest absolute Gasteiger partial charge is 0.497 e. The number of nitrogens with zero attached hydrogens (tertiary/aromatic N) is 1. The van der Waals surface area contributed by atoms with Crippen LogP contribution in [0.15, 0.2) is 54.7 Å². The van der Waals surface area contributed by atoms with Crippen molar-refractivity contribution >= 4 is 16.8 Å². The first-order valence-corrected chi connectivity index (χ1v) is 8.31. The monoisotopic (exact) mass is 338 g/mol. The van der Waals surface area contributed by atoms with E-state index in [-0.39, 0.29) is 12.5 Å². The first kappa shape index (κ1) is 16.9. The van der Waals surface area contributed by atoms with Gasteiger partial charge in [0.05, 0.1) is 13.7 Å². The van der Waals surface area contributed by atoms with Crippen LogP contribution in [0.1, 0.15) is 12.5 Å². The zero-order valence-corrected chi connectivity index (χ0v) is 14.5. The summed E-state index contributed by atoms with van der Waals surface area (Å²) in [5.74, 6) is 1.57. The number of ether oxygens (including phenoxy) is 2. The quantitative estimate of drug-likeness (QED) is 0.719. The topological polar surface area (TPSA) is 52.5 Å². The molecule has 1 amide bonds. The third kappa shape index (κ3) is 3.94. The highest BCUT2D eigenvalue weighted by molar-refractivity contribution is 5.84. The van der Waals surface area contributed by atoms with Gasteiger partial charge in [0, 0.05) is 29.2 Å². The van der Waals surface area contributed by atoms with E-state index in [1.807, 2.05) is 66.2 Å². The highest BCUT2D eigenvalue weighted by Crippen LogP contribution is 2.22. The number of para-hydroxylation sites is 1. The Morgan fingerprint density at radius 3 is 2.80 bits per heavy atom. The van der Waals surface area contributed by atoms with Crippen LogP contribution in [0.25, 0.3) is 10.9 Å². The number of carbonyl (C=O) groups excluding carboxylic acids is 1. The van der Waals surface area contributed by atoms with E-state index < -0.39 is 0 Å². The Bertz CT molecular complexity index is 870. The summed E-state index contributed by atoms with van der Waals surface area (Å²) < 4.78 is 12.7. The number of rotatable bonds is 7. The average molecular weight is 338 g/mol. The molecule has 0 bridgehead atoms. The molecule has 2 aromatic carbocycles. The van der Waals surface area contributed by atoms with Crippen molar-refractivity contribution in [3.63, 3.8) is 0 Å². The molecule has 0 unspecified atom stereocenters. The van der Waals surface area contributed by atoms with Gasteiger partial charge in [0.1, 0.15) is 18.0 Å². The molecule has 0 saturated heterocycles. The summed E-state index contributed by atoms with van der Waals surface area (Å²) in [5.41, 5.74) is 1.98. The van der Waals surface area contributed by atoms with E-state index in [0.717, 1.165) is 28.0 Å². The Morgan fingerprint density at radius 2 is 2.00 bits per heavy atom. The normalized spacial score (nSPS) is 10.6. The lowest BCUT2D eigenvalue weighted by Gasteiger charge is -2.11. The maximum absolute atomic E-state index is 12.3. The Morgan fingerprint density at radius 1 is 1.16 bits per heavy atom. The van der Waals surface area contributed by atoms with Crippen molar-refractivity contribution in [3.05, 3.63) is 60.3 Å². The number of carbonyl (C=O) groups is 1. The molecule has 1 aromatic heterocycles. The number of amides is 1. The molecule has 1 N–H and O–H groups in total. The van der Waals surface area contributed by atoms with Crippen LogP contribution >= 0.6 is 0 Å². The lowest BCUT2D eigenvalue weighted by molar-refractivity contribution is -0.121. The van der Waals surface area contributed by atoms with Crippen molar-refractivity contribution in [2.75, 3.05) is 13.7 Å². The molecule has 0 aliphatic carbocycles. The standard InChI is InChI=1S/C20H22N2O3/c1-3-25-19-7-5-4-6-16(19)13-21-20(23)14-22-11-10-15-12-17(24-2)8-9-18(15)22/h4-12H,3,13-14H2,1-2H3,(H,21,23). The van der Waals surface area contributed by atoms with Crippen LogP contribution in [-0.4, -0.2) is 24.2 Å². The van der Waals surface area contributed by atoms with Crippen molar-refractivity contribution in [2.24, 2.45) is 0 Å². The fourth-order valence-electron chi connectivity index (χ4n) is 2.79. The van der Waals surface area contributed by atoms with Gasteiger partial charge in [-0.3, -0.25) is 4.79 Å². The Labute approximate surface area is 147 Å². The number of fused-ring (bicyclic) bond motifs is 1. The minimum atomic E-state index is -0.0420. The minimum Gasteiger partial charge on any atom is -0.497 e. The first-order chi connectivity index (χ1) is 12.2. The summed E-state index contributed by atoms with van der Waals surface area (Å²) in [6.07, 6.45) is 1.91. The van der Waals surface area contributed by atoms with Gasteiger partial charge in [0.15, 0.2) is 0 Å². The third-order valence-corrected chi connectivity index (χ3v) is 4.04. The maximum Gasteiger partial charge on any atom is 0.240 e. The fraction of sp³-hybridized carbons (Fsp3) is 0.250. The number of methoxy groups -OCH3 is 1. The second-order valence-corrected chi connectivity index (χ2v) is 5.69. The van der Waals surface area contributed by atoms with Crippen molar-refractivity contribution in [1.82, 2.24) is 9.88 Å². The minimum absolute atomic E-state index is 0.0420. The molecule has 5 nitrogen and oxygen atoms in total. The lowest BCUT2D eigenvalue weighted by atomic mass is 10.2. The number of benzene rings is 2.